The van der Waals surface area contributed by atoms with Crippen LogP contribution in [-0.2, 0) is 0 Å². The second kappa shape index (κ2) is 3.19. The van der Waals surface area contributed by atoms with E-state index in [1.807, 2.05) is 26.0 Å². The zero-order valence-corrected chi connectivity index (χ0v) is 6.83. The molecule has 1 heterocycles. The summed E-state index contributed by atoms with van der Waals surface area (Å²) in [6, 6.07) is 1.90. The van der Waals surface area contributed by atoms with Gasteiger partial charge >= 0.3 is 0 Å². The largest absolute Gasteiger partial charge is 0.397 e. The van der Waals surface area contributed by atoms with Crippen LogP contribution < -0.4 is 5.73 Å². The first-order valence-corrected chi connectivity index (χ1v) is 3.54. The predicted octanol–water partition coefficient (Wildman–Crippen LogP) is 2.09. The summed E-state index contributed by atoms with van der Waals surface area (Å²) in [5.41, 5.74) is 8.56. The molecule has 2 heteroatoms. The lowest BCUT2D eigenvalue weighted by Crippen LogP contribution is -1.86. The molecule has 1 aromatic rings. The van der Waals surface area contributed by atoms with Crippen LogP contribution in [-0.4, -0.2) is 4.98 Å². The lowest BCUT2D eigenvalue weighted by atomic mass is 10.2. The van der Waals surface area contributed by atoms with E-state index in [-0.39, 0.29) is 0 Å². The molecule has 58 valence electrons. The van der Waals surface area contributed by atoms with Crippen molar-refractivity contribution in [2.24, 2.45) is 0 Å². The average molecular weight is 148 g/mol. The van der Waals surface area contributed by atoms with Crippen LogP contribution in [0.5, 0.6) is 0 Å². The Morgan fingerprint density at radius 3 is 2.73 bits per heavy atom. The lowest BCUT2D eigenvalue weighted by molar-refractivity contribution is 1.31. The fourth-order valence-electron chi connectivity index (χ4n) is 0.889. The molecule has 0 saturated heterocycles. The predicted molar refractivity (Wildman–Crippen MR) is 48.0 cm³/mol. The maximum absolute atomic E-state index is 5.54. The molecular weight excluding hydrogens is 136 g/mol. The standard InChI is InChI=1S/C9H12N2/c1-7(2)3-8-4-9(10)6-11-5-8/h3-6H,10H2,1-2H3. The van der Waals surface area contributed by atoms with E-state index in [0.29, 0.717) is 5.69 Å². The zero-order chi connectivity index (χ0) is 8.27. The third-order valence-corrected chi connectivity index (χ3v) is 1.24. The van der Waals surface area contributed by atoms with E-state index in [9.17, 15) is 0 Å². The molecule has 0 unspecified atom stereocenters. The maximum Gasteiger partial charge on any atom is 0.0506 e. The molecule has 0 aliphatic carbocycles. The lowest BCUT2D eigenvalue weighted by Gasteiger charge is -1.95. The number of nitrogens with zero attached hydrogens (tertiary/aromatic N) is 1. The number of nitrogen functional groups attached to an aromatic ring is 1. The van der Waals surface area contributed by atoms with Gasteiger partial charge in [0, 0.05) is 12.4 Å². The van der Waals surface area contributed by atoms with Gasteiger partial charge in [0.15, 0.2) is 0 Å². The minimum atomic E-state index is 0.708. The molecule has 1 rings (SSSR count). The van der Waals surface area contributed by atoms with E-state index in [1.54, 1.807) is 12.4 Å². The van der Waals surface area contributed by atoms with E-state index in [0.717, 1.165) is 5.56 Å². The van der Waals surface area contributed by atoms with Crippen LogP contribution in [0.15, 0.2) is 24.0 Å². The molecule has 0 atom stereocenters. The van der Waals surface area contributed by atoms with Gasteiger partial charge in [0.1, 0.15) is 0 Å². The molecule has 1 aromatic heterocycles. The van der Waals surface area contributed by atoms with E-state index >= 15 is 0 Å². The number of pyridine rings is 1. The van der Waals surface area contributed by atoms with Gasteiger partial charge in [-0.25, -0.2) is 0 Å². The van der Waals surface area contributed by atoms with Crippen LogP contribution in [0, 0.1) is 0 Å². The normalized spacial score (nSPS) is 9.27. The van der Waals surface area contributed by atoms with E-state index in [2.05, 4.69) is 4.98 Å². The molecule has 0 aliphatic heterocycles. The van der Waals surface area contributed by atoms with E-state index < -0.39 is 0 Å². The number of hydrogen-bond donors (Lipinski definition) is 1. The Kier molecular flexibility index (Phi) is 2.26. The van der Waals surface area contributed by atoms with E-state index in [1.165, 1.54) is 5.57 Å². The topological polar surface area (TPSA) is 38.9 Å². The molecule has 11 heavy (non-hydrogen) atoms. The highest BCUT2D eigenvalue weighted by molar-refractivity contribution is 5.55. The van der Waals surface area contributed by atoms with Crippen molar-refractivity contribution in [1.82, 2.24) is 4.98 Å². The highest BCUT2D eigenvalue weighted by Crippen LogP contribution is 2.07. The number of hydrogen-bond acceptors (Lipinski definition) is 2. The van der Waals surface area contributed by atoms with Crippen molar-refractivity contribution >= 4 is 11.8 Å². The number of allylic oxidation sites excluding steroid dienone is 1. The van der Waals surface area contributed by atoms with Gasteiger partial charge < -0.3 is 5.73 Å². The average Bonchev–Trinajstić information content (AvgIpc) is 1.85. The number of nitrogens with two attached hydrogens (primary N) is 1. The summed E-state index contributed by atoms with van der Waals surface area (Å²) in [4.78, 5) is 3.97. The Morgan fingerprint density at radius 1 is 1.45 bits per heavy atom. The first-order chi connectivity index (χ1) is 5.18. The summed E-state index contributed by atoms with van der Waals surface area (Å²) < 4.78 is 0. The van der Waals surface area contributed by atoms with Crippen LogP contribution in [0.1, 0.15) is 19.4 Å². The van der Waals surface area contributed by atoms with E-state index in [4.69, 9.17) is 5.73 Å². The molecule has 0 spiro atoms. The highest BCUT2D eigenvalue weighted by Gasteiger charge is 1.88. The van der Waals surface area contributed by atoms with Crippen LogP contribution >= 0.6 is 0 Å². The third-order valence-electron chi connectivity index (χ3n) is 1.24. The molecule has 0 fully saturated rings. The van der Waals surface area contributed by atoms with Gasteiger partial charge in [-0.15, -0.1) is 0 Å². The highest BCUT2D eigenvalue weighted by atomic mass is 14.7. The summed E-state index contributed by atoms with van der Waals surface area (Å²) in [5.74, 6) is 0. The minimum Gasteiger partial charge on any atom is -0.397 e. The van der Waals surface area contributed by atoms with Gasteiger partial charge in [0.2, 0.25) is 0 Å². The Morgan fingerprint density at radius 2 is 2.18 bits per heavy atom. The van der Waals surface area contributed by atoms with Gasteiger partial charge in [0.25, 0.3) is 0 Å². The van der Waals surface area contributed by atoms with Crippen molar-refractivity contribution in [2.45, 2.75) is 13.8 Å². The van der Waals surface area contributed by atoms with Crippen LogP contribution in [0.4, 0.5) is 5.69 Å². The van der Waals surface area contributed by atoms with Crippen molar-refractivity contribution in [1.29, 1.82) is 0 Å². The van der Waals surface area contributed by atoms with Gasteiger partial charge in [-0.1, -0.05) is 11.6 Å². The first kappa shape index (κ1) is 7.79. The van der Waals surface area contributed by atoms with Crippen molar-refractivity contribution in [3.63, 3.8) is 0 Å². The number of anilines is 1. The van der Waals surface area contributed by atoms with Crippen molar-refractivity contribution < 1.29 is 0 Å². The summed E-state index contributed by atoms with van der Waals surface area (Å²) in [6.07, 6.45) is 5.48. The molecule has 0 radical (unpaired) electrons. The molecule has 0 bridgehead atoms. The Hall–Kier alpha value is -1.31. The minimum absolute atomic E-state index is 0.708. The molecule has 2 N–H and O–H groups in total. The maximum atomic E-state index is 5.54. The number of rotatable bonds is 1. The van der Waals surface area contributed by atoms with Crippen LogP contribution in [0.25, 0.3) is 6.08 Å². The summed E-state index contributed by atoms with van der Waals surface area (Å²) in [6.45, 7) is 4.09. The van der Waals surface area contributed by atoms with Crippen LogP contribution in [0.3, 0.4) is 0 Å². The van der Waals surface area contributed by atoms with Gasteiger partial charge in [-0.3, -0.25) is 4.98 Å². The van der Waals surface area contributed by atoms with Crippen molar-refractivity contribution in [2.75, 3.05) is 5.73 Å². The van der Waals surface area contributed by atoms with Gasteiger partial charge in [0.05, 0.1) is 5.69 Å². The Balaban J connectivity index is 2.97. The van der Waals surface area contributed by atoms with Crippen molar-refractivity contribution in [3.05, 3.63) is 29.6 Å². The quantitative estimate of drug-likeness (QED) is 0.662. The second-order valence-electron chi connectivity index (χ2n) is 2.77. The molecular formula is C9H12N2. The first-order valence-electron chi connectivity index (χ1n) is 3.54. The summed E-state index contributed by atoms with van der Waals surface area (Å²) in [7, 11) is 0. The van der Waals surface area contributed by atoms with Gasteiger partial charge in [-0.2, -0.15) is 0 Å². The molecule has 0 saturated carbocycles. The second-order valence-corrected chi connectivity index (χ2v) is 2.77. The summed E-state index contributed by atoms with van der Waals surface area (Å²) >= 11 is 0. The molecule has 0 aliphatic rings. The Labute approximate surface area is 66.8 Å². The summed E-state index contributed by atoms with van der Waals surface area (Å²) in [5, 5.41) is 0. The third kappa shape index (κ3) is 2.42. The fourth-order valence-corrected chi connectivity index (χ4v) is 0.889. The fraction of sp³-hybridized carbons (Fsp3) is 0.222. The molecule has 0 amide bonds. The Bertz CT molecular complexity index is 273. The zero-order valence-electron chi connectivity index (χ0n) is 6.83. The van der Waals surface area contributed by atoms with Crippen molar-refractivity contribution in [3.8, 4) is 0 Å². The van der Waals surface area contributed by atoms with Gasteiger partial charge in [-0.05, 0) is 25.5 Å². The molecule has 2 nitrogen and oxygen atoms in total. The monoisotopic (exact) mass is 148 g/mol. The number of aromatic nitrogens is 1. The smallest absolute Gasteiger partial charge is 0.0506 e. The molecule has 0 aromatic carbocycles. The SMILES string of the molecule is CC(C)=Cc1cncc(N)c1. The van der Waals surface area contributed by atoms with Crippen LogP contribution in [0.2, 0.25) is 0 Å².